The highest BCUT2D eigenvalue weighted by Crippen LogP contribution is 2.16. The highest BCUT2D eigenvalue weighted by Gasteiger charge is 2.27. The summed E-state index contributed by atoms with van der Waals surface area (Å²) in [5.41, 5.74) is 0.900. The number of carbonyl (C=O) groups is 3. The van der Waals surface area contributed by atoms with Crippen molar-refractivity contribution < 1.29 is 43.9 Å². The number of morpholine rings is 1. The van der Waals surface area contributed by atoms with E-state index in [1.54, 1.807) is 49.9 Å². The minimum absolute atomic E-state index is 0.00645. The number of ether oxygens (including phenoxy) is 3. The number of carboxylic acid groups (broad SMARTS) is 1. The molecule has 0 bridgehead atoms. The molecule has 2 aromatic carbocycles. The van der Waals surface area contributed by atoms with Crippen LogP contribution < -0.4 is 20.7 Å². The van der Waals surface area contributed by atoms with Gasteiger partial charge in [-0.1, -0.05) is 42.5 Å². The maximum Gasteiger partial charge on any atom is 0.407 e. The number of benzene rings is 2. The highest BCUT2D eigenvalue weighted by molar-refractivity contribution is 5.77. The van der Waals surface area contributed by atoms with Crippen LogP contribution >= 0.6 is 0 Å². The number of carbonyl (C=O) groups excluding carboxylic acids is 2. The zero-order chi connectivity index (χ0) is 32.8. The van der Waals surface area contributed by atoms with Crippen molar-refractivity contribution >= 4 is 18.1 Å². The standard InChI is InChI=1S/C32H46N4O9/c1-32(2,3)45-31(42)35-26(18-23-9-11-24(12-10-23)44-21-29(39)36-13-15-43-16-14-36)28(38)20-33-19-27(37)25(34-30(40)41)17-22-7-5-4-6-8-22/h4-12,25-28,33-34,37-38H,13-21H2,1-3H3,(H,35,42)(H,40,41). The van der Waals surface area contributed by atoms with E-state index in [0.29, 0.717) is 32.1 Å². The van der Waals surface area contributed by atoms with Crippen molar-refractivity contribution in [2.75, 3.05) is 46.0 Å². The van der Waals surface area contributed by atoms with Crippen molar-refractivity contribution in [2.45, 2.75) is 63.5 Å². The average molecular weight is 631 g/mol. The van der Waals surface area contributed by atoms with Crippen LogP contribution in [-0.4, -0.2) is 114 Å². The van der Waals surface area contributed by atoms with Crippen molar-refractivity contribution in [3.8, 4) is 5.75 Å². The van der Waals surface area contributed by atoms with Crippen LogP contribution in [0.15, 0.2) is 54.6 Å². The van der Waals surface area contributed by atoms with Crippen LogP contribution in [0.4, 0.5) is 9.59 Å². The van der Waals surface area contributed by atoms with Gasteiger partial charge in [-0.25, -0.2) is 9.59 Å². The maximum absolute atomic E-state index is 12.6. The fourth-order valence-corrected chi connectivity index (χ4v) is 4.74. The molecular formula is C32H46N4O9. The van der Waals surface area contributed by atoms with Crippen LogP contribution in [0.1, 0.15) is 31.9 Å². The zero-order valence-corrected chi connectivity index (χ0v) is 26.1. The van der Waals surface area contributed by atoms with E-state index in [4.69, 9.17) is 14.2 Å². The lowest BCUT2D eigenvalue weighted by molar-refractivity contribution is -0.137. The Hall–Kier alpha value is -3.91. The Morgan fingerprint density at radius 2 is 1.42 bits per heavy atom. The summed E-state index contributed by atoms with van der Waals surface area (Å²) in [5, 5.41) is 39.2. The number of aliphatic hydroxyl groups is 2. The zero-order valence-electron chi connectivity index (χ0n) is 26.1. The number of alkyl carbamates (subject to hydrolysis) is 1. The lowest BCUT2D eigenvalue weighted by Crippen LogP contribution is -2.52. The van der Waals surface area contributed by atoms with Crippen LogP contribution in [0.2, 0.25) is 0 Å². The Morgan fingerprint density at radius 3 is 1.98 bits per heavy atom. The topological polar surface area (TPSA) is 179 Å². The summed E-state index contributed by atoms with van der Waals surface area (Å²) in [7, 11) is 0. The van der Waals surface area contributed by atoms with Crippen LogP contribution in [0, 0.1) is 0 Å². The van der Waals surface area contributed by atoms with Gasteiger partial charge in [0.1, 0.15) is 11.4 Å². The molecule has 4 unspecified atom stereocenters. The van der Waals surface area contributed by atoms with Crippen molar-refractivity contribution in [1.29, 1.82) is 0 Å². The van der Waals surface area contributed by atoms with E-state index < -0.39 is 42.1 Å². The summed E-state index contributed by atoms with van der Waals surface area (Å²) in [6.07, 6.45) is -3.60. The van der Waals surface area contributed by atoms with E-state index in [9.17, 15) is 29.7 Å². The molecule has 45 heavy (non-hydrogen) atoms. The van der Waals surface area contributed by atoms with Crippen LogP contribution in [-0.2, 0) is 27.1 Å². The lowest BCUT2D eigenvalue weighted by atomic mass is 10.00. The van der Waals surface area contributed by atoms with E-state index in [1.165, 1.54) is 0 Å². The van der Waals surface area contributed by atoms with Gasteiger partial charge in [-0.2, -0.15) is 0 Å². The third-order valence-electron chi connectivity index (χ3n) is 7.05. The third kappa shape index (κ3) is 13.3. The van der Waals surface area contributed by atoms with Gasteiger partial charge in [0.2, 0.25) is 0 Å². The SMILES string of the molecule is CC(C)(C)OC(=O)NC(Cc1ccc(OCC(=O)N2CCOCC2)cc1)C(O)CNCC(O)C(Cc1ccccc1)NC(=O)O. The number of nitrogens with one attached hydrogen (secondary N) is 3. The van der Waals surface area contributed by atoms with Gasteiger partial charge in [-0.15, -0.1) is 0 Å². The molecule has 0 radical (unpaired) electrons. The van der Waals surface area contributed by atoms with Crippen molar-refractivity contribution in [3.05, 3.63) is 65.7 Å². The molecule has 0 saturated carbocycles. The number of hydrogen-bond donors (Lipinski definition) is 6. The molecule has 0 aromatic heterocycles. The van der Waals surface area contributed by atoms with Crippen molar-refractivity contribution in [1.82, 2.24) is 20.9 Å². The van der Waals surface area contributed by atoms with Gasteiger partial charge < -0.3 is 50.4 Å². The molecule has 1 aliphatic heterocycles. The summed E-state index contributed by atoms with van der Waals surface area (Å²) >= 11 is 0. The first-order chi connectivity index (χ1) is 21.4. The van der Waals surface area contributed by atoms with Gasteiger partial charge >= 0.3 is 12.2 Å². The summed E-state index contributed by atoms with van der Waals surface area (Å²) in [5.74, 6) is 0.392. The second-order valence-electron chi connectivity index (χ2n) is 11.9. The molecule has 13 heteroatoms. The second kappa shape index (κ2) is 17.5. The van der Waals surface area contributed by atoms with E-state index in [2.05, 4.69) is 16.0 Å². The molecule has 4 atom stereocenters. The molecular weight excluding hydrogens is 584 g/mol. The van der Waals surface area contributed by atoms with E-state index in [1.807, 2.05) is 30.3 Å². The Kier molecular flexibility index (Phi) is 13.9. The molecule has 1 fully saturated rings. The monoisotopic (exact) mass is 630 g/mol. The van der Waals surface area contributed by atoms with E-state index >= 15 is 0 Å². The van der Waals surface area contributed by atoms with Crippen LogP contribution in [0.25, 0.3) is 0 Å². The Morgan fingerprint density at radius 1 is 0.867 bits per heavy atom. The summed E-state index contributed by atoms with van der Waals surface area (Å²) < 4.78 is 16.3. The Balaban J connectivity index is 1.58. The Labute approximate surface area is 263 Å². The lowest BCUT2D eigenvalue weighted by Gasteiger charge is -2.28. The van der Waals surface area contributed by atoms with Crippen molar-refractivity contribution in [2.24, 2.45) is 0 Å². The van der Waals surface area contributed by atoms with Gasteiger partial charge in [-0.05, 0) is 56.9 Å². The predicted octanol–water partition coefficient (Wildman–Crippen LogP) is 1.55. The molecule has 6 N–H and O–H groups in total. The van der Waals surface area contributed by atoms with Gasteiger partial charge in [0.15, 0.2) is 6.61 Å². The molecule has 3 amide bonds. The molecule has 3 rings (SSSR count). The summed E-state index contributed by atoms with van der Waals surface area (Å²) in [6, 6.07) is 14.7. The quantitative estimate of drug-likeness (QED) is 0.169. The molecule has 2 aromatic rings. The molecule has 1 aliphatic rings. The summed E-state index contributed by atoms with van der Waals surface area (Å²) in [6.45, 7) is 7.20. The van der Waals surface area contributed by atoms with Gasteiger partial charge in [-0.3, -0.25) is 4.79 Å². The fraction of sp³-hybridized carbons (Fsp3) is 0.531. The van der Waals surface area contributed by atoms with E-state index in [-0.39, 0.29) is 38.4 Å². The molecule has 0 spiro atoms. The number of nitrogens with zero attached hydrogens (tertiary/aromatic N) is 1. The molecule has 0 aliphatic carbocycles. The number of hydrogen-bond acceptors (Lipinski definition) is 9. The number of amides is 3. The molecule has 248 valence electrons. The number of aliphatic hydroxyl groups excluding tert-OH is 2. The van der Waals surface area contributed by atoms with Gasteiger partial charge in [0, 0.05) is 26.2 Å². The normalized spacial score (nSPS) is 16.2. The van der Waals surface area contributed by atoms with Gasteiger partial charge in [0.25, 0.3) is 5.91 Å². The van der Waals surface area contributed by atoms with Crippen molar-refractivity contribution in [3.63, 3.8) is 0 Å². The van der Waals surface area contributed by atoms with E-state index in [0.717, 1.165) is 11.1 Å². The largest absolute Gasteiger partial charge is 0.484 e. The predicted molar refractivity (Wildman–Crippen MR) is 166 cm³/mol. The fourth-order valence-electron chi connectivity index (χ4n) is 4.74. The average Bonchev–Trinajstić information content (AvgIpc) is 2.99. The maximum atomic E-state index is 12.6. The highest BCUT2D eigenvalue weighted by atomic mass is 16.6. The van der Waals surface area contributed by atoms with Crippen LogP contribution in [0.5, 0.6) is 5.75 Å². The summed E-state index contributed by atoms with van der Waals surface area (Å²) in [4.78, 5) is 38.0. The first kappa shape index (κ1) is 35.6. The first-order valence-corrected chi connectivity index (χ1v) is 15.1. The van der Waals surface area contributed by atoms with Crippen LogP contribution in [0.3, 0.4) is 0 Å². The number of rotatable bonds is 15. The minimum atomic E-state index is -1.25. The third-order valence-corrected chi connectivity index (χ3v) is 7.05. The smallest absolute Gasteiger partial charge is 0.407 e. The van der Waals surface area contributed by atoms with Gasteiger partial charge in [0.05, 0.1) is 37.5 Å². The second-order valence-corrected chi connectivity index (χ2v) is 11.9. The first-order valence-electron chi connectivity index (χ1n) is 15.1. The minimum Gasteiger partial charge on any atom is -0.484 e. The molecule has 1 heterocycles. The molecule has 13 nitrogen and oxygen atoms in total. The molecule has 1 saturated heterocycles. The Bertz CT molecular complexity index is 1200.